The second-order valence-corrected chi connectivity index (χ2v) is 4.90. The summed E-state index contributed by atoms with van der Waals surface area (Å²) in [4.78, 5) is 12.1. The van der Waals surface area contributed by atoms with Crippen molar-refractivity contribution >= 4 is 23.2 Å². The van der Waals surface area contributed by atoms with Crippen LogP contribution < -0.4 is 11.1 Å². The van der Waals surface area contributed by atoms with Crippen molar-refractivity contribution in [2.75, 3.05) is 5.73 Å². The van der Waals surface area contributed by atoms with Gasteiger partial charge in [-0.25, -0.2) is 4.39 Å². The number of anilines is 1. The first-order valence-corrected chi connectivity index (χ1v) is 6.46. The van der Waals surface area contributed by atoms with Crippen molar-refractivity contribution in [3.63, 3.8) is 0 Å². The van der Waals surface area contributed by atoms with Crippen LogP contribution in [0.4, 0.5) is 10.1 Å². The number of benzene rings is 2. The zero-order chi connectivity index (χ0) is 14.7. The summed E-state index contributed by atoms with van der Waals surface area (Å²) >= 11 is 5.66. The van der Waals surface area contributed by atoms with E-state index < -0.39 is 5.82 Å². The molecule has 1 atom stereocenters. The van der Waals surface area contributed by atoms with Gasteiger partial charge in [-0.3, -0.25) is 4.79 Å². The molecule has 0 radical (unpaired) electrons. The molecule has 0 heterocycles. The highest BCUT2D eigenvalue weighted by molar-refractivity contribution is 6.31. The molecule has 0 aliphatic rings. The molecule has 1 amide bonds. The largest absolute Gasteiger partial charge is 0.399 e. The molecule has 0 bridgehead atoms. The fraction of sp³-hybridized carbons (Fsp3) is 0.133. The third-order valence-electron chi connectivity index (χ3n) is 2.94. The van der Waals surface area contributed by atoms with Crippen LogP contribution in [0.25, 0.3) is 0 Å². The summed E-state index contributed by atoms with van der Waals surface area (Å²) in [5, 5.41) is 2.74. The van der Waals surface area contributed by atoms with E-state index in [1.807, 2.05) is 19.1 Å². The molecule has 0 fully saturated rings. The molecule has 0 aromatic heterocycles. The molecule has 2 aromatic carbocycles. The maximum absolute atomic E-state index is 13.1. The molecule has 104 valence electrons. The maximum Gasteiger partial charge on any atom is 0.251 e. The number of nitrogen functional groups attached to an aromatic ring is 1. The van der Waals surface area contributed by atoms with Gasteiger partial charge in [0.05, 0.1) is 11.1 Å². The first-order valence-electron chi connectivity index (χ1n) is 6.08. The Morgan fingerprint density at radius 1 is 1.30 bits per heavy atom. The summed E-state index contributed by atoms with van der Waals surface area (Å²) < 4.78 is 13.1. The predicted molar refractivity (Wildman–Crippen MR) is 78.1 cm³/mol. The number of hydrogen-bond donors (Lipinski definition) is 2. The molecular weight excluding hydrogens is 279 g/mol. The number of halogens is 2. The van der Waals surface area contributed by atoms with Crippen molar-refractivity contribution in [3.8, 4) is 0 Å². The van der Waals surface area contributed by atoms with E-state index in [-0.39, 0.29) is 17.0 Å². The van der Waals surface area contributed by atoms with Crippen molar-refractivity contribution in [2.24, 2.45) is 0 Å². The number of rotatable bonds is 3. The van der Waals surface area contributed by atoms with Crippen LogP contribution in [0, 0.1) is 5.82 Å². The Hall–Kier alpha value is -2.07. The summed E-state index contributed by atoms with van der Waals surface area (Å²) in [6.07, 6.45) is 0. The van der Waals surface area contributed by atoms with Crippen LogP contribution in [0.1, 0.15) is 28.9 Å². The second kappa shape index (κ2) is 5.92. The molecule has 0 saturated heterocycles. The molecule has 0 spiro atoms. The molecule has 2 aromatic rings. The van der Waals surface area contributed by atoms with E-state index in [0.717, 1.165) is 5.56 Å². The van der Waals surface area contributed by atoms with Gasteiger partial charge in [-0.1, -0.05) is 23.7 Å². The average Bonchev–Trinajstić information content (AvgIpc) is 2.41. The smallest absolute Gasteiger partial charge is 0.251 e. The predicted octanol–water partition coefficient (Wildman–Crippen LogP) is 3.55. The van der Waals surface area contributed by atoms with Crippen molar-refractivity contribution in [1.29, 1.82) is 0 Å². The lowest BCUT2D eigenvalue weighted by molar-refractivity contribution is 0.0940. The Labute approximate surface area is 121 Å². The zero-order valence-corrected chi connectivity index (χ0v) is 11.6. The maximum atomic E-state index is 13.1. The topological polar surface area (TPSA) is 55.1 Å². The number of carbonyl (C=O) groups is 1. The Bertz CT molecular complexity index is 646. The molecular formula is C15H14ClFN2O. The van der Waals surface area contributed by atoms with Crippen molar-refractivity contribution in [1.82, 2.24) is 5.32 Å². The van der Waals surface area contributed by atoms with Gasteiger partial charge >= 0.3 is 0 Å². The highest BCUT2D eigenvalue weighted by Gasteiger charge is 2.13. The van der Waals surface area contributed by atoms with Gasteiger partial charge < -0.3 is 11.1 Å². The zero-order valence-electron chi connectivity index (χ0n) is 10.9. The van der Waals surface area contributed by atoms with Gasteiger partial charge in [-0.2, -0.15) is 0 Å². The van der Waals surface area contributed by atoms with Gasteiger partial charge in [0, 0.05) is 11.3 Å². The molecule has 1 unspecified atom stereocenters. The lowest BCUT2D eigenvalue weighted by Gasteiger charge is -2.15. The minimum atomic E-state index is -0.549. The Kier molecular flexibility index (Phi) is 4.25. The van der Waals surface area contributed by atoms with Crippen LogP contribution in [0.3, 0.4) is 0 Å². The summed E-state index contributed by atoms with van der Waals surface area (Å²) in [7, 11) is 0. The second-order valence-electron chi connectivity index (χ2n) is 4.49. The summed E-state index contributed by atoms with van der Waals surface area (Å²) in [5.41, 5.74) is 7.54. The number of carbonyl (C=O) groups excluding carboxylic acids is 1. The third-order valence-corrected chi connectivity index (χ3v) is 3.23. The Morgan fingerprint density at radius 2 is 2.05 bits per heavy atom. The average molecular weight is 293 g/mol. The molecule has 20 heavy (non-hydrogen) atoms. The minimum Gasteiger partial charge on any atom is -0.399 e. The van der Waals surface area contributed by atoms with Crippen LogP contribution >= 0.6 is 11.6 Å². The van der Waals surface area contributed by atoms with Gasteiger partial charge in [-0.05, 0) is 42.8 Å². The number of hydrogen-bond acceptors (Lipinski definition) is 2. The standard InChI is InChI=1S/C15H14ClFN2O/c1-9(10-3-2-4-12(18)7-10)19-15(20)11-5-6-14(17)13(16)8-11/h2-9H,18H2,1H3,(H,19,20). The molecule has 0 aliphatic carbocycles. The molecule has 0 aliphatic heterocycles. The van der Waals surface area contributed by atoms with Crippen LogP contribution in [-0.2, 0) is 0 Å². The lowest BCUT2D eigenvalue weighted by atomic mass is 10.1. The Balaban J connectivity index is 2.13. The van der Waals surface area contributed by atoms with Gasteiger partial charge in [-0.15, -0.1) is 0 Å². The summed E-state index contributed by atoms with van der Waals surface area (Å²) in [6, 6.07) is 10.9. The first kappa shape index (κ1) is 14.3. The molecule has 3 nitrogen and oxygen atoms in total. The van der Waals surface area contributed by atoms with Crippen molar-refractivity contribution in [2.45, 2.75) is 13.0 Å². The van der Waals surface area contributed by atoms with Crippen LogP contribution in [0.5, 0.6) is 0 Å². The molecule has 0 saturated carbocycles. The fourth-order valence-electron chi connectivity index (χ4n) is 1.83. The minimum absolute atomic E-state index is 0.0748. The SMILES string of the molecule is CC(NC(=O)c1ccc(F)c(Cl)c1)c1cccc(N)c1. The van der Waals surface area contributed by atoms with Gasteiger partial charge in [0.15, 0.2) is 0 Å². The molecule has 2 rings (SSSR count). The molecule has 5 heteroatoms. The van der Waals surface area contributed by atoms with Crippen LogP contribution in [0.2, 0.25) is 5.02 Å². The summed E-state index contributed by atoms with van der Waals surface area (Å²) in [5.74, 6) is -0.867. The van der Waals surface area contributed by atoms with Crippen LogP contribution in [0.15, 0.2) is 42.5 Å². The quantitative estimate of drug-likeness (QED) is 0.850. The first-order chi connectivity index (χ1) is 9.47. The van der Waals surface area contributed by atoms with E-state index in [4.69, 9.17) is 17.3 Å². The van der Waals surface area contributed by atoms with Gasteiger partial charge in [0.1, 0.15) is 5.82 Å². The lowest BCUT2D eigenvalue weighted by Crippen LogP contribution is -2.26. The third kappa shape index (κ3) is 3.27. The molecule has 3 N–H and O–H groups in total. The number of nitrogens with two attached hydrogens (primary N) is 1. The van der Waals surface area contributed by atoms with E-state index in [1.54, 1.807) is 12.1 Å². The van der Waals surface area contributed by atoms with E-state index in [0.29, 0.717) is 11.3 Å². The van der Waals surface area contributed by atoms with Gasteiger partial charge in [0.25, 0.3) is 5.91 Å². The van der Waals surface area contributed by atoms with E-state index in [2.05, 4.69) is 5.32 Å². The normalized spacial score (nSPS) is 11.9. The fourth-order valence-corrected chi connectivity index (χ4v) is 2.01. The highest BCUT2D eigenvalue weighted by Crippen LogP contribution is 2.18. The summed E-state index contributed by atoms with van der Waals surface area (Å²) in [6.45, 7) is 1.85. The van der Waals surface area contributed by atoms with Gasteiger partial charge in [0.2, 0.25) is 0 Å². The van der Waals surface area contributed by atoms with Crippen LogP contribution in [-0.4, -0.2) is 5.91 Å². The van der Waals surface area contributed by atoms with E-state index in [1.165, 1.54) is 18.2 Å². The Morgan fingerprint density at radius 3 is 2.70 bits per heavy atom. The van der Waals surface area contributed by atoms with Crippen molar-refractivity contribution in [3.05, 3.63) is 64.4 Å². The van der Waals surface area contributed by atoms with E-state index >= 15 is 0 Å². The van der Waals surface area contributed by atoms with E-state index in [9.17, 15) is 9.18 Å². The monoisotopic (exact) mass is 292 g/mol. The van der Waals surface area contributed by atoms with Crippen molar-refractivity contribution < 1.29 is 9.18 Å². The number of amides is 1. The highest BCUT2D eigenvalue weighted by atomic mass is 35.5. The number of nitrogens with one attached hydrogen (secondary N) is 1.